The SMILES string of the molecule is Cn1ccnc1C(=O)NCc1cc2n(n1)CCN(C1CCCCC1)C2. The van der Waals surface area contributed by atoms with E-state index in [-0.39, 0.29) is 5.91 Å². The van der Waals surface area contributed by atoms with Gasteiger partial charge in [0, 0.05) is 38.6 Å². The second-order valence-corrected chi connectivity index (χ2v) is 7.16. The maximum atomic E-state index is 12.2. The van der Waals surface area contributed by atoms with Gasteiger partial charge in [-0.3, -0.25) is 14.4 Å². The minimum absolute atomic E-state index is 0.165. The molecule has 2 aromatic heterocycles. The molecule has 2 aliphatic rings. The predicted molar refractivity (Wildman–Crippen MR) is 93.9 cm³/mol. The van der Waals surface area contributed by atoms with Gasteiger partial charge in [0.2, 0.25) is 0 Å². The van der Waals surface area contributed by atoms with Crippen molar-refractivity contribution in [3.63, 3.8) is 0 Å². The fraction of sp³-hybridized carbons (Fsp3) is 0.611. The highest BCUT2D eigenvalue weighted by atomic mass is 16.2. The molecule has 1 aliphatic heterocycles. The Balaban J connectivity index is 1.37. The van der Waals surface area contributed by atoms with Crippen LogP contribution in [0, 0.1) is 0 Å². The molecule has 0 saturated heterocycles. The predicted octanol–water partition coefficient (Wildman–Crippen LogP) is 1.69. The average molecular weight is 342 g/mol. The van der Waals surface area contributed by atoms with Gasteiger partial charge in [-0.2, -0.15) is 5.10 Å². The Kier molecular flexibility index (Phi) is 4.57. The number of fused-ring (bicyclic) bond motifs is 1. The van der Waals surface area contributed by atoms with Crippen LogP contribution in [0.25, 0.3) is 0 Å². The van der Waals surface area contributed by atoms with Gasteiger partial charge in [0.15, 0.2) is 5.82 Å². The standard InChI is InChI=1S/C18H26N6O/c1-22-8-7-19-17(22)18(25)20-12-14-11-16-13-23(9-10-24(16)21-14)15-5-3-2-4-6-15/h7-8,11,15H,2-6,9-10,12-13H2,1H3,(H,20,25). The van der Waals surface area contributed by atoms with E-state index in [2.05, 4.69) is 31.0 Å². The second kappa shape index (κ2) is 7.00. The molecule has 2 aromatic rings. The van der Waals surface area contributed by atoms with Crippen LogP contribution in [0.1, 0.15) is 54.1 Å². The Morgan fingerprint density at radius 2 is 2.12 bits per heavy atom. The highest BCUT2D eigenvalue weighted by Crippen LogP contribution is 2.26. The highest BCUT2D eigenvalue weighted by Gasteiger charge is 2.26. The normalized spacial score (nSPS) is 18.9. The first-order chi connectivity index (χ1) is 12.2. The summed E-state index contributed by atoms with van der Waals surface area (Å²) in [5, 5.41) is 7.57. The van der Waals surface area contributed by atoms with Crippen molar-refractivity contribution in [3.8, 4) is 0 Å². The molecule has 1 saturated carbocycles. The van der Waals surface area contributed by atoms with Crippen LogP contribution in [0.2, 0.25) is 0 Å². The zero-order chi connectivity index (χ0) is 17.2. The zero-order valence-electron chi connectivity index (χ0n) is 14.8. The lowest BCUT2D eigenvalue weighted by atomic mass is 9.94. The van der Waals surface area contributed by atoms with Crippen molar-refractivity contribution >= 4 is 5.91 Å². The smallest absolute Gasteiger partial charge is 0.287 e. The van der Waals surface area contributed by atoms with E-state index in [1.54, 1.807) is 17.0 Å². The topological polar surface area (TPSA) is 68.0 Å². The fourth-order valence-electron chi connectivity index (χ4n) is 4.02. The number of nitrogens with one attached hydrogen (secondary N) is 1. The minimum Gasteiger partial charge on any atom is -0.344 e. The molecule has 0 bridgehead atoms. The lowest BCUT2D eigenvalue weighted by Gasteiger charge is -2.36. The first-order valence-electron chi connectivity index (χ1n) is 9.26. The summed E-state index contributed by atoms with van der Waals surface area (Å²) in [6, 6.07) is 2.87. The quantitative estimate of drug-likeness (QED) is 0.918. The number of aryl methyl sites for hydroxylation is 1. The van der Waals surface area contributed by atoms with Crippen molar-refractivity contribution in [2.24, 2.45) is 7.05 Å². The summed E-state index contributed by atoms with van der Waals surface area (Å²) >= 11 is 0. The third-order valence-corrected chi connectivity index (χ3v) is 5.42. The molecule has 0 unspecified atom stereocenters. The van der Waals surface area contributed by atoms with Gasteiger partial charge in [0.25, 0.3) is 5.91 Å². The van der Waals surface area contributed by atoms with Gasteiger partial charge < -0.3 is 9.88 Å². The Bertz CT molecular complexity index is 743. The zero-order valence-corrected chi connectivity index (χ0v) is 14.8. The number of hydrogen-bond donors (Lipinski definition) is 1. The molecule has 0 spiro atoms. The van der Waals surface area contributed by atoms with Gasteiger partial charge in [-0.05, 0) is 18.9 Å². The number of nitrogens with zero attached hydrogens (tertiary/aromatic N) is 5. The van der Waals surface area contributed by atoms with Crippen LogP contribution in [-0.2, 0) is 26.7 Å². The number of imidazole rings is 1. The third kappa shape index (κ3) is 3.46. The van der Waals surface area contributed by atoms with Crippen LogP contribution in [0.4, 0.5) is 0 Å². The van der Waals surface area contributed by atoms with E-state index in [1.165, 1.54) is 37.8 Å². The summed E-state index contributed by atoms with van der Waals surface area (Å²) in [4.78, 5) is 18.9. The summed E-state index contributed by atoms with van der Waals surface area (Å²) < 4.78 is 3.82. The van der Waals surface area contributed by atoms with Gasteiger partial charge in [0.1, 0.15) is 0 Å². The summed E-state index contributed by atoms with van der Waals surface area (Å²) in [7, 11) is 1.82. The van der Waals surface area contributed by atoms with Gasteiger partial charge >= 0.3 is 0 Å². The number of amides is 1. The van der Waals surface area contributed by atoms with Crippen LogP contribution in [0.15, 0.2) is 18.5 Å². The van der Waals surface area contributed by atoms with E-state index in [4.69, 9.17) is 0 Å². The largest absolute Gasteiger partial charge is 0.344 e. The number of rotatable bonds is 4. The molecule has 0 radical (unpaired) electrons. The van der Waals surface area contributed by atoms with Crippen LogP contribution >= 0.6 is 0 Å². The molecule has 7 heteroatoms. The van der Waals surface area contributed by atoms with Crippen molar-refractivity contribution in [3.05, 3.63) is 35.7 Å². The summed E-state index contributed by atoms with van der Waals surface area (Å²) in [5.41, 5.74) is 2.18. The van der Waals surface area contributed by atoms with Crippen LogP contribution < -0.4 is 5.32 Å². The number of carbonyl (C=O) groups is 1. The molecule has 0 atom stereocenters. The molecule has 1 N–H and O–H groups in total. The van der Waals surface area contributed by atoms with E-state index in [0.29, 0.717) is 12.4 Å². The third-order valence-electron chi connectivity index (χ3n) is 5.42. The molecule has 0 aromatic carbocycles. The monoisotopic (exact) mass is 342 g/mol. The minimum atomic E-state index is -0.165. The van der Waals surface area contributed by atoms with Crippen LogP contribution in [0.3, 0.4) is 0 Å². The summed E-state index contributed by atoms with van der Waals surface area (Å²) in [6.45, 7) is 3.44. The molecule has 1 amide bonds. The fourth-order valence-corrected chi connectivity index (χ4v) is 4.02. The van der Waals surface area contributed by atoms with E-state index < -0.39 is 0 Å². The van der Waals surface area contributed by atoms with Crippen molar-refractivity contribution in [2.45, 2.75) is 57.8 Å². The molecular weight excluding hydrogens is 316 g/mol. The van der Waals surface area contributed by atoms with E-state index in [9.17, 15) is 4.79 Å². The lowest BCUT2D eigenvalue weighted by Crippen LogP contribution is -2.42. The Morgan fingerprint density at radius 1 is 1.28 bits per heavy atom. The summed E-state index contributed by atoms with van der Waals surface area (Å²) in [6.07, 6.45) is 10.2. The molecule has 25 heavy (non-hydrogen) atoms. The first-order valence-corrected chi connectivity index (χ1v) is 9.26. The van der Waals surface area contributed by atoms with Crippen LogP contribution in [-0.4, -0.2) is 42.7 Å². The van der Waals surface area contributed by atoms with E-state index >= 15 is 0 Å². The lowest BCUT2D eigenvalue weighted by molar-refractivity contribution is 0.0936. The molecule has 134 valence electrons. The Morgan fingerprint density at radius 3 is 2.88 bits per heavy atom. The van der Waals surface area contributed by atoms with Gasteiger partial charge in [-0.25, -0.2) is 4.98 Å². The average Bonchev–Trinajstić information content (AvgIpc) is 3.25. The number of aromatic nitrogens is 4. The molecule has 7 nitrogen and oxygen atoms in total. The first kappa shape index (κ1) is 16.3. The molecule has 3 heterocycles. The number of carbonyl (C=O) groups excluding carboxylic acids is 1. The maximum Gasteiger partial charge on any atom is 0.287 e. The molecule has 1 aliphatic carbocycles. The van der Waals surface area contributed by atoms with E-state index in [1.807, 2.05) is 7.05 Å². The van der Waals surface area contributed by atoms with E-state index in [0.717, 1.165) is 31.4 Å². The van der Waals surface area contributed by atoms with Crippen LogP contribution in [0.5, 0.6) is 0 Å². The summed E-state index contributed by atoms with van der Waals surface area (Å²) in [5.74, 6) is 0.259. The van der Waals surface area contributed by atoms with Gasteiger partial charge in [-0.15, -0.1) is 0 Å². The van der Waals surface area contributed by atoms with Crippen molar-refractivity contribution in [2.75, 3.05) is 6.54 Å². The van der Waals surface area contributed by atoms with Crippen molar-refractivity contribution in [1.82, 2.24) is 29.5 Å². The van der Waals surface area contributed by atoms with Gasteiger partial charge in [-0.1, -0.05) is 19.3 Å². The molecular formula is C18H26N6O. The Hall–Kier alpha value is -2.15. The Labute approximate surface area is 148 Å². The molecule has 4 rings (SSSR count). The maximum absolute atomic E-state index is 12.2. The molecule has 1 fully saturated rings. The second-order valence-electron chi connectivity index (χ2n) is 7.16. The van der Waals surface area contributed by atoms with Crippen molar-refractivity contribution in [1.29, 1.82) is 0 Å². The van der Waals surface area contributed by atoms with Gasteiger partial charge in [0.05, 0.1) is 24.5 Å². The number of hydrogen-bond acceptors (Lipinski definition) is 4. The highest BCUT2D eigenvalue weighted by molar-refractivity contribution is 5.90. The van der Waals surface area contributed by atoms with Crippen molar-refractivity contribution < 1.29 is 4.79 Å².